The van der Waals surface area contributed by atoms with Crippen LogP contribution in [0.25, 0.3) is 0 Å². The molecule has 0 aromatic heterocycles. The summed E-state index contributed by atoms with van der Waals surface area (Å²) in [6.45, 7) is 6.10. The molecule has 0 aliphatic heterocycles. The minimum Gasteiger partial charge on any atom is -0.493 e. The van der Waals surface area contributed by atoms with Gasteiger partial charge in [0.15, 0.2) is 17.5 Å². The third-order valence-corrected chi connectivity index (χ3v) is 3.64. The molecule has 0 fully saturated rings. The summed E-state index contributed by atoms with van der Waals surface area (Å²) in [4.78, 5) is 4.67. The number of guanidine groups is 1. The molecule has 1 aliphatic rings. The van der Waals surface area contributed by atoms with Gasteiger partial charge in [-0.2, -0.15) is 0 Å². The van der Waals surface area contributed by atoms with Gasteiger partial charge in [0.1, 0.15) is 0 Å². The molecule has 0 bridgehead atoms. The molecule has 0 unspecified atom stereocenters. The molecule has 126 valence electrons. The molecule has 5 heteroatoms. The van der Waals surface area contributed by atoms with E-state index in [0.29, 0.717) is 19.2 Å². The van der Waals surface area contributed by atoms with Crippen LogP contribution in [0.15, 0.2) is 35.3 Å². The van der Waals surface area contributed by atoms with Crippen molar-refractivity contribution < 1.29 is 9.47 Å². The highest BCUT2D eigenvalue weighted by molar-refractivity contribution is 5.80. The highest BCUT2D eigenvalue weighted by Gasteiger charge is 2.11. The van der Waals surface area contributed by atoms with E-state index in [1.165, 1.54) is 0 Å². The SMILES string of the molecule is CCNC(=NCc1ccc(OCC)c(OC)c1)NC1CC=CC1. The van der Waals surface area contributed by atoms with Gasteiger partial charge in [-0.15, -0.1) is 0 Å². The van der Waals surface area contributed by atoms with Crippen molar-refractivity contribution in [3.8, 4) is 11.5 Å². The highest BCUT2D eigenvalue weighted by Crippen LogP contribution is 2.28. The Hall–Kier alpha value is -2.17. The summed E-state index contributed by atoms with van der Waals surface area (Å²) in [5.74, 6) is 2.37. The first-order valence-corrected chi connectivity index (χ1v) is 8.26. The maximum absolute atomic E-state index is 5.54. The number of benzene rings is 1. The van der Waals surface area contributed by atoms with Gasteiger partial charge in [0.2, 0.25) is 0 Å². The zero-order valence-electron chi connectivity index (χ0n) is 14.3. The summed E-state index contributed by atoms with van der Waals surface area (Å²) in [5, 5.41) is 6.76. The number of hydrogen-bond donors (Lipinski definition) is 2. The first-order valence-electron chi connectivity index (χ1n) is 8.26. The van der Waals surface area contributed by atoms with Gasteiger partial charge >= 0.3 is 0 Å². The smallest absolute Gasteiger partial charge is 0.191 e. The van der Waals surface area contributed by atoms with Crippen molar-refractivity contribution in [3.05, 3.63) is 35.9 Å². The van der Waals surface area contributed by atoms with Crippen LogP contribution < -0.4 is 20.1 Å². The fourth-order valence-corrected chi connectivity index (χ4v) is 2.50. The van der Waals surface area contributed by atoms with E-state index in [1.54, 1.807) is 7.11 Å². The molecule has 2 rings (SSSR count). The Bertz CT molecular complexity index is 547. The molecule has 0 amide bonds. The first-order chi connectivity index (χ1) is 11.3. The number of nitrogens with zero attached hydrogens (tertiary/aromatic N) is 1. The molecule has 0 spiro atoms. The van der Waals surface area contributed by atoms with Crippen molar-refractivity contribution >= 4 is 5.96 Å². The fraction of sp³-hybridized carbons (Fsp3) is 0.500. The van der Waals surface area contributed by atoms with Gasteiger partial charge in [0.05, 0.1) is 20.3 Å². The molecule has 1 aliphatic carbocycles. The number of aliphatic imine (C=N–C) groups is 1. The molecule has 5 nitrogen and oxygen atoms in total. The molecular weight excluding hydrogens is 290 g/mol. The van der Waals surface area contributed by atoms with Gasteiger partial charge in [-0.25, -0.2) is 4.99 Å². The zero-order valence-corrected chi connectivity index (χ0v) is 14.3. The number of rotatable bonds is 7. The minimum atomic E-state index is 0.447. The Morgan fingerprint density at radius 3 is 2.65 bits per heavy atom. The van der Waals surface area contributed by atoms with E-state index in [1.807, 2.05) is 25.1 Å². The molecule has 23 heavy (non-hydrogen) atoms. The summed E-state index contributed by atoms with van der Waals surface area (Å²) < 4.78 is 10.9. The fourth-order valence-electron chi connectivity index (χ4n) is 2.50. The Morgan fingerprint density at radius 1 is 1.22 bits per heavy atom. The molecule has 1 aromatic rings. The second kappa shape index (κ2) is 9.08. The van der Waals surface area contributed by atoms with Gasteiger partial charge < -0.3 is 20.1 Å². The van der Waals surface area contributed by atoms with Crippen LogP contribution in [0.3, 0.4) is 0 Å². The lowest BCUT2D eigenvalue weighted by Gasteiger charge is -2.17. The molecule has 0 radical (unpaired) electrons. The average molecular weight is 317 g/mol. The van der Waals surface area contributed by atoms with Gasteiger partial charge in [-0.1, -0.05) is 18.2 Å². The Labute approximate surface area is 138 Å². The standard InChI is InChI=1S/C18H27N3O2/c1-4-19-18(21-15-8-6-7-9-15)20-13-14-10-11-16(23-5-2)17(12-14)22-3/h6-7,10-12,15H,4-5,8-9,13H2,1-3H3,(H2,19,20,21). The largest absolute Gasteiger partial charge is 0.493 e. The maximum atomic E-state index is 5.54. The minimum absolute atomic E-state index is 0.447. The van der Waals surface area contributed by atoms with Crippen molar-refractivity contribution in [1.82, 2.24) is 10.6 Å². The van der Waals surface area contributed by atoms with E-state index in [4.69, 9.17) is 9.47 Å². The molecular formula is C18H27N3O2. The topological polar surface area (TPSA) is 54.9 Å². The van der Waals surface area contributed by atoms with E-state index in [-0.39, 0.29) is 0 Å². The summed E-state index contributed by atoms with van der Waals surface area (Å²) in [6.07, 6.45) is 6.53. The van der Waals surface area contributed by atoms with Crippen LogP contribution in [0.4, 0.5) is 0 Å². The molecule has 1 aromatic carbocycles. The van der Waals surface area contributed by atoms with Gasteiger partial charge in [-0.05, 0) is 44.4 Å². The van der Waals surface area contributed by atoms with Gasteiger partial charge in [-0.3, -0.25) is 0 Å². The Morgan fingerprint density at radius 2 is 2.00 bits per heavy atom. The van der Waals surface area contributed by atoms with Crippen molar-refractivity contribution in [2.45, 2.75) is 39.3 Å². The van der Waals surface area contributed by atoms with E-state index in [0.717, 1.165) is 42.4 Å². The number of methoxy groups -OCH3 is 1. The normalized spacial score (nSPS) is 14.8. The van der Waals surface area contributed by atoms with Crippen LogP contribution in [0.1, 0.15) is 32.3 Å². The molecule has 0 saturated carbocycles. The Kier molecular flexibility index (Phi) is 6.78. The first kappa shape index (κ1) is 17.2. The van der Waals surface area contributed by atoms with Crippen molar-refractivity contribution in [2.75, 3.05) is 20.3 Å². The van der Waals surface area contributed by atoms with Crippen LogP contribution in [0, 0.1) is 0 Å². The summed E-state index contributed by atoms with van der Waals surface area (Å²) in [7, 11) is 1.66. The summed E-state index contributed by atoms with van der Waals surface area (Å²) >= 11 is 0. The van der Waals surface area contributed by atoms with Crippen molar-refractivity contribution in [2.24, 2.45) is 4.99 Å². The molecule has 0 heterocycles. The summed E-state index contributed by atoms with van der Waals surface area (Å²) in [5.41, 5.74) is 1.09. The quantitative estimate of drug-likeness (QED) is 0.461. The van der Waals surface area contributed by atoms with E-state index < -0.39 is 0 Å². The monoisotopic (exact) mass is 317 g/mol. The number of nitrogens with one attached hydrogen (secondary N) is 2. The second-order valence-electron chi connectivity index (χ2n) is 5.40. The maximum Gasteiger partial charge on any atom is 0.191 e. The van der Waals surface area contributed by atoms with E-state index in [2.05, 4.69) is 34.7 Å². The van der Waals surface area contributed by atoms with Crippen LogP contribution in [-0.4, -0.2) is 32.3 Å². The third-order valence-electron chi connectivity index (χ3n) is 3.64. The third kappa shape index (κ3) is 5.20. The van der Waals surface area contributed by atoms with Crippen LogP contribution in [0.2, 0.25) is 0 Å². The number of hydrogen-bond acceptors (Lipinski definition) is 3. The summed E-state index contributed by atoms with van der Waals surface area (Å²) in [6, 6.07) is 6.39. The second-order valence-corrected chi connectivity index (χ2v) is 5.40. The van der Waals surface area contributed by atoms with Crippen molar-refractivity contribution in [1.29, 1.82) is 0 Å². The van der Waals surface area contributed by atoms with Crippen LogP contribution >= 0.6 is 0 Å². The van der Waals surface area contributed by atoms with Gasteiger partial charge in [0, 0.05) is 12.6 Å². The zero-order chi connectivity index (χ0) is 16.5. The molecule has 2 N–H and O–H groups in total. The number of ether oxygens (including phenoxy) is 2. The Balaban J connectivity index is 2.02. The lowest BCUT2D eigenvalue weighted by Crippen LogP contribution is -2.42. The van der Waals surface area contributed by atoms with Crippen LogP contribution in [-0.2, 0) is 6.54 Å². The predicted molar refractivity (Wildman–Crippen MR) is 94.3 cm³/mol. The predicted octanol–water partition coefficient (Wildman–Crippen LogP) is 2.87. The highest BCUT2D eigenvalue weighted by atomic mass is 16.5. The molecule has 0 atom stereocenters. The molecule has 0 saturated heterocycles. The lowest BCUT2D eigenvalue weighted by molar-refractivity contribution is 0.310. The van der Waals surface area contributed by atoms with Crippen molar-refractivity contribution in [3.63, 3.8) is 0 Å². The lowest BCUT2D eigenvalue weighted by atomic mass is 10.2. The van der Waals surface area contributed by atoms with E-state index in [9.17, 15) is 0 Å². The van der Waals surface area contributed by atoms with E-state index >= 15 is 0 Å². The van der Waals surface area contributed by atoms with Crippen LogP contribution in [0.5, 0.6) is 11.5 Å². The average Bonchev–Trinajstić information content (AvgIpc) is 3.07. The van der Waals surface area contributed by atoms with Gasteiger partial charge in [0.25, 0.3) is 0 Å².